The number of ether oxygens (including phenoxy) is 1. The van der Waals surface area contributed by atoms with Crippen molar-refractivity contribution in [2.75, 3.05) is 14.2 Å². The third kappa shape index (κ3) is 7.87. The van der Waals surface area contributed by atoms with E-state index in [9.17, 15) is 13.2 Å². The number of methoxy groups -OCH3 is 1. The molecule has 0 spiro atoms. The Morgan fingerprint density at radius 3 is 2.17 bits per heavy atom. The number of esters is 1. The molecule has 1 fully saturated rings. The van der Waals surface area contributed by atoms with Crippen LogP contribution in [0.4, 0.5) is 0 Å². The van der Waals surface area contributed by atoms with E-state index in [1.807, 2.05) is 30.3 Å². The standard InChI is InChI=1S/C15H21NO2.CH4O4S/c1-18-15(17)14(12-8-4-2-5-9-12)16-13-10-6-3-7-11-13;1-5-6(2,3)4/h2,4-5,8-9,13-14,16H,3,6-7,10-11H2,1H3;1H3,(H,2,3,4). The molecule has 0 heterocycles. The van der Waals surface area contributed by atoms with Gasteiger partial charge >= 0.3 is 16.4 Å². The van der Waals surface area contributed by atoms with Gasteiger partial charge in [0.1, 0.15) is 6.04 Å². The van der Waals surface area contributed by atoms with Gasteiger partial charge < -0.3 is 4.74 Å². The largest absolute Gasteiger partial charge is 0.468 e. The second kappa shape index (κ2) is 10.4. The average molecular weight is 359 g/mol. The Morgan fingerprint density at radius 2 is 1.71 bits per heavy atom. The molecule has 0 bridgehead atoms. The van der Waals surface area contributed by atoms with Crippen LogP contribution in [0.1, 0.15) is 43.7 Å². The first-order valence-corrected chi connectivity index (χ1v) is 9.15. The van der Waals surface area contributed by atoms with Gasteiger partial charge in [-0.25, -0.2) is 4.79 Å². The van der Waals surface area contributed by atoms with Crippen molar-refractivity contribution in [3.05, 3.63) is 35.9 Å². The summed E-state index contributed by atoms with van der Waals surface area (Å²) in [6.45, 7) is 0. The number of carbonyl (C=O) groups is 1. The van der Waals surface area contributed by atoms with E-state index < -0.39 is 10.4 Å². The molecule has 0 amide bonds. The van der Waals surface area contributed by atoms with Gasteiger partial charge in [0.15, 0.2) is 0 Å². The summed E-state index contributed by atoms with van der Waals surface area (Å²) in [5.41, 5.74) is 0.981. The molecular formula is C16H25NO6S. The van der Waals surface area contributed by atoms with Crippen molar-refractivity contribution in [1.82, 2.24) is 5.32 Å². The van der Waals surface area contributed by atoms with Crippen molar-refractivity contribution in [2.24, 2.45) is 0 Å². The van der Waals surface area contributed by atoms with Crippen LogP contribution in [0, 0.1) is 0 Å². The summed E-state index contributed by atoms with van der Waals surface area (Å²) in [5, 5.41) is 3.45. The van der Waals surface area contributed by atoms with E-state index in [0.717, 1.165) is 25.5 Å². The van der Waals surface area contributed by atoms with Gasteiger partial charge in [-0.1, -0.05) is 49.6 Å². The van der Waals surface area contributed by atoms with Gasteiger partial charge in [-0.2, -0.15) is 8.42 Å². The molecule has 1 aliphatic rings. The summed E-state index contributed by atoms with van der Waals surface area (Å²) >= 11 is 0. The van der Waals surface area contributed by atoms with E-state index in [2.05, 4.69) is 9.50 Å². The molecule has 1 atom stereocenters. The fourth-order valence-corrected chi connectivity index (χ4v) is 2.57. The van der Waals surface area contributed by atoms with Gasteiger partial charge in [-0.3, -0.25) is 14.1 Å². The van der Waals surface area contributed by atoms with E-state index in [1.165, 1.54) is 26.4 Å². The van der Waals surface area contributed by atoms with Crippen molar-refractivity contribution < 1.29 is 26.7 Å². The number of hydrogen-bond acceptors (Lipinski definition) is 6. The van der Waals surface area contributed by atoms with Crippen LogP contribution in [0.15, 0.2) is 30.3 Å². The zero-order valence-electron chi connectivity index (χ0n) is 14.0. The van der Waals surface area contributed by atoms with E-state index in [4.69, 9.17) is 9.29 Å². The number of hydrogen-bond donors (Lipinski definition) is 2. The van der Waals surface area contributed by atoms with Gasteiger partial charge in [0, 0.05) is 6.04 Å². The first-order chi connectivity index (χ1) is 11.4. The highest BCUT2D eigenvalue weighted by Gasteiger charge is 2.25. The van der Waals surface area contributed by atoms with Crippen LogP contribution < -0.4 is 5.32 Å². The molecular weight excluding hydrogens is 334 g/mol. The van der Waals surface area contributed by atoms with Crippen LogP contribution in [0.25, 0.3) is 0 Å². The molecule has 0 aromatic heterocycles. The highest BCUT2D eigenvalue weighted by Crippen LogP contribution is 2.22. The fraction of sp³-hybridized carbons (Fsp3) is 0.562. The van der Waals surface area contributed by atoms with Gasteiger partial charge in [-0.05, 0) is 18.4 Å². The molecule has 7 nitrogen and oxygen atoms in total. The third-order valence-corrected chi connectivity index (χ3v) is 4.21. The Balaban J connectivity index is 0.000000413. The minimum atomic E-state index is -4.16. The fourth-order valence-electron chi connectivity index (χ4n) is 2.57. The molecule has 0 saturated heterocycles. The Morgan fingerprint density at radius 1 is 1.17 bits per heavy atom. The summed E-state index contributed by atoms with van der Waals surface area (Å²) in [4.78, 5) is 11.9. The summed E-state index contributed by atoms with van der Waals surface area (Å²) in [7, 11) is -1.85. The van der Waals surface area contributed by atoms with Crippen LogP contribution in [0.3, 0.4) is 0 Å². The summed E-state index contributed by atoms with van der Waals surface area (Å²) in [5.74, 6) is -0.202. The van der Waals surface area contributed by atoms with Crippen LogP contribution in [0.5, 0.6) is 0 Å². The summed E-state index contributed by atoms with van der Waals surface area (Å²) < 4.78 is 34.6. The predicted octanol–water partition coefficient (Wildman–Crippen LogP) is 2.26. The van der Waals surface area contributed by atoms with Crippen molar-refractivity contribution >= 4 is 16.4 Å². The lowest BCUT2D eigenvalue weighted by Gasteiger charge is -2.27. The molecule has 1 saturated carbocycles. The van der Waals surface area contributed by atoms with Crippen LogP contribution in [-0.2, 0) is 24.1 Å². The van der Waals surface area contributed by atoms with E-state index in [1.54, 1.807) is 0 Å². The quantitative estimate of drug-likeness (QED) is 0.614. The van der Waals surface area contributed by atoms with Crippen LogP contribution in [0.2, 0.25) is 0 Å². The highest BCUT2D eigenvalue weighted by atomic mass is 32.3. The highest BCUT2D eigenvalue weighted by molar-refractivity contribution is 7.80. The molecule has 1 unspecified atom stereocenters. The number of nitrogens with one attached hydrogen (secondary N) is 1. The minimum absolute atomic E-state index is 0.202. The van der Waals surface area contributed by atoms with Crippen LogP contribution >= 0.6 is 0 Å². The minimum Gasteiger partial charge on any atom is -0.468 e. The maximum Gasteiger partial charge on any atom is 0.397 e. The first kappa shape index (κ1) is 20.6. The monoisotopic (exact) mass is 359 g/mol. The second-order valence-electron chi connectivity index (χ2n) is 5.46. The Labute approximate surface area is 143 Å². The lowest BCUT2D eigenvalue weighted by atomic mass is 9.94. The molecule has 136 valence electrons. The number of rotatable bonds is 5. The van der Waals surface area contributed by atoms with Crippen molar-refractivity contribution in [3.63, 3.8) is 0 Å². The molecule has 2 rings (SSSR count). The molecule has 24 heavy (non-hydrogen) atoms. The van der Waals surface area contributed by atoms with Gasteiger partial charge in [0.25, 0.3) is 0 Å². The predicted molar refractivity (Wildman–Crippen MR) is 89.8 cm³/mol. The maximum absolute atomic E-state index is 11.9. The Kier molecular flexibility index (Phi) is 8.91. The Hall–Kier alpha value is -1.48. The first-order valence-electron chi connectivity index (χ1n) is 7.79. The smallest absolute Gasteiger partial charge is 0.397 e. The summed E-state index contributed by atoms with van der Waals surface area (Å²) in [6.07, 6.45) is 6.12. The van der Waals surface area contributed by atoms with Crippen LogP contribution in [-0.4, -0.2) is 39.2 Å². The average Bonchev–Trinajstić information content (AvgIpc) is 2.60. The zero-order valence-corrected chi connectivity index (χ0v) is 14.8. The molecule has 1 aromatic carbocycles. The number of carbonyl (C=O) groups excluding carboxylic acids is 1. The lowest BCUT2D eigenvalue weighted by molar-refractivity contribution is -0.143. The van der Waals surface area contributed by atoms with Crippen molar-refractivity contribution in [3.8, 4) is 0 Å². The molecule has 2 N–H and O–H groups in total. The van der Waals surface area contributed by atoms with Gasteiger partial charge in [-0.15, -0.1) is 0 Å². The molecule has 0 aliphatic heterocycles. The van der Waals surface area contributed by atoms with Gasteiger partial charge in [0.2, 0.25) is 0 Å². The number of benzene rings is 1. The van der Waals surface area contributed by atoms with E-state index in [-0.39, 0.29) is 12.0 Å². The molecule has 1 aliphatic carbocycles. The topological polar surface area (TPSA) is 102 Å². The van der Waals surface area contributed by atoms with Gasteiger partial charge in [0.05, 0.1) is 14.2 Å². The maximum atomic E-state index is 11.9. The Bertz CT molecular complexity index is 584. The van der Waals surface area contributed by atoms with E-state index >= 15 is 0 Å². The second-order valence-corrected chi connectivity index (χ2v) is 6.65. The molecule has 8 heteroatoms. The van der Waals surface area contributed by atoms with Crippen molar-refractivity contribution in [1.29, 1.82) is 0 Å². The van der Waals surface area contributed by atoms with Crippen molar-refractivity contribution in [2.45, 2.75) is 44.2 Å². The zero-order chi connectivity index (χ0) is 18.0. The molecule has 0 radical (unpaired) electrons. The lowest BCUT2D eigenvalue weighted by Crippen LogP contribution is -2.38. The molecule has 1 aromatic rings. The SMILES string of the molecule is COC(=O)C(NC1CCCCC1)c1ccccc1.COS(=O)(=O)O. The normalized spacial score (nSPS) is 16.6. The summed E-state index contributed by atoms with van der Waals surface area (Å²) in [6, 6.07) is 9.90. The van der Waals surface area contributed by atoms with E-state index in [0.29, 0.717) is 6.04 Å². The third-order valence-electron chi connectivity index (χ3n) is 3.79.